The summed E-state index contributed by atoms with van der Waals surface area (Å²) in [6.45, 7) is 1.43. The number of allylic oxidation sites excluding steroid dienone is 2. The third kappa shape index (κ3) is 3.80. The first kappa shape index (κ1) is 21.4. The Hall–Kier alpha value is -2.44. The number of halogens is 1. The minimum Gasteiger partial charge on any atom is -0.352 e. The lowest BCUT2D eigenvalue weighted by atomic mass is 9.81. The fourth-order valence-electron chi connectivity index (χ4n) is 5.72. The van der Waals surface area contributed by atoms with Gasteiger partial charge in [-0.05, 0) is 58.9 Å². The van der Waals surface area contributed by atoms with Gasteiger partial charge in [0.2, 0.25) is 11.8 Å². The summed E-state index contributed by atoms with van der Waals surface area (Å²) in [5.74, 6) is -0.306. The van der Waals surface area contributed by atoms with Crippen LogP contribution in [0.2, 0.25) is 0 Å². The van der Waals surface area contributed by atoms with Crippen LogP contribution in [0.25, 0.3) is 0 Å². The maximum atomic E-state index is 13.3. The molecule has 0 saturated heterocycles. The zero-order chi connectivity index (χ0) is 22.3. The van der Waals surface area contributed by atoms with Crippen LogP contribution in [0.15, 0.2) is 65.2 Å². The SMILES string of the molecule is NCc1ccc(CNC(=O)[C@H]2[C@H](C(=O)NCc3ccc(Br)cc3)[C@@H]3C=C[C@H]2C32CC2)cc1. The van der Waals surface area contributed by atoms with Crippen LogP contribution >= 0.6 is 15.9 Å². The number of hydrogen-bond donors (Lipinski definition) is 3. The molecule has 2 aromatic rings. The van der Waals surface area contributed by atoms with Crippen molar-refractivity contribution in [2.45, 2.75) is 32.5 Å². The number of rotatable bonds is 7. The molecule has 0 aliphatic heterocycles. The zero-order valence-electron chi connectivity index (χ0n) is 17.9. The van der Waals surface area contributed by atoms with Gasteiger partial charge in [0.15, 0.2) is 0 Å². The predicted molar refractivity (Wildman–Crippen MR) is 127 cm³/mol. The Balaban J connectivity index is 1.28. The fourth-order valence-corrected chi connectivity index (χ4v) is 5.98. The van der Waals surface area contributed by atoms with Crippen molar-refractivity contribution in [3.8, 4) is 0 Å². The maximum Gasteiger partial charge on any atom is 0.224 e. The highest BCUT2D eigenvalue weighted by Crippen LogP contribution is 2.72. The van der Waals surface area contributed by atoms with Crippen LogP contribution in [0.3, 0.4) is 0 Å². The smallest absolute Gasteiger partial charge is 0.224 e. The summed E-state index contributed by atoms with van der Waals surface area (Å²) in [5.41, 5.74) is 8.94. The number of carbonyl (C=O) groups excluding carboxylic acids is 2. The Bertz CT molecular complexity index is 1040. The van der Waals surface area contributed by atoms with Gasteiger partial charge in [-0.25, -0.2) is 0 Å². The van der Waals surface area contributed by atoms with Gasteiger partial charge in [-0.15, -0.1) is 0 Å². The van der Waals surface area contributed by atoms with Crippen molar-refractivity contribution in [2.75, 3.05) is 0 Å². The molecule has 2 saturated carbocycles. The third-order valence-electron chi connectivity index (χ3n) is 7.55. The van der Waals surface area contributed by atoms with Crippen LogP contribution in [0.4, 0.5) is 0 Å². The molecule has 3 aliphatic rings. The Morgan fingerprint density at radius 2 is 1.25 bits per heavy atom. The molecular weight excluding hydrogens is 466 g/mol. The molecule has 0 unspecified atom stereocenters. The highest BCUT2D eigenvalue weighted by molar-refractivity contribution is 9.10. The van der Waals surface area contributed by atoms with Gasteiger partial charge in [0, 0.05) is 24.1 Å². The quantitative estimate of drug-likeness (QED) is 0.514. The second-order valence-corrected chi connectivity index (χ2v) is 10.2. The molecule has 166 valence electrons. The second kappa shape index (κ2) is 8.49. The summed E-state index contributed by atoms with van der Waals surface area (Å²) < 4.78 is 1.01. The van der Waals surface area contributed by atoms with Crippen LogP contribution in [0.1, 0.15) is 29.5 Å². The highest BCUT2D eigenvalue weighted by atomic mass is 79.9. The summed E-state index contributed by atoms with van der Waals surface area (Å²) >= 11 is 3.44. The number of amides is 2. The molecule has 2 bridgehead atoms. The molecule has 0 heterocycles. The van der Waals surface area contributed by atoms with Crippen LogP contribution in [0, 0.1) is 29.1 Å². The van der Waals surface area contributed by atoms with Crippen LogP contribution in [0.5, 0.6) is 0 Å². The van der Waals surface area contributed by atoms with E-state index in [9.17, 15) is 9.59 Å². The molecule has 4 N–H and O–H groups in total. The number of carbonyl (C=O) groups is 2. The molecule has 5 rings (SSSR count). The van der Waals surface area contributed by atoms with Gasteiger partial charge >= 0.3 is 0 Å². The molecule has 5 nitrogen and oxygen atoms in total. The standard InChI is InChI=1S/C26H28BrN3O2/c27-19-7-5-18(6-8-19)15-30-25(32)23-21-10-9-20(26(21)11-12-26)22(23)24(31)29-14-17-3-1-16(13-28)2-4-17/h1-10,20-23H,11-15,28H2,(H,29,31)(H,30,32)/t20-,21+,22-,23-/m1/s1. The lowest BCUT2D eigenvalue weighted by molar-refractivity contribution is -0.135. The van der Waals surface area contributed by atoms with Gasteiger partial charge in [-0.2, -0.15) is 0 Å². The Kier molecular flexibility index (Phi) is 5.68. The van der Waals surface area contributed by atoms with Gasteiger partial charge in [0.25, 0.3) is 0 Å². The molecule has 2 amide bonds. The van der Waals surface area contributed by atoms with Crippen molar-refractivity contribution in [3.05, 3.63) is 81.8 Å². The van der Waals surface area contributed by atoms with E-state index in [1.165, 1.54) is 0 Å². The van der Waals surface area contributed by atoms with Crippen molar-refractivity contribution in [1.82, 2.24) is 10.6 Å². The predicted octanol–water partition coefficient (Wildman–Crippen LogP) is 3.67. The lowest BCUT2D eigenvalue weighted by Gasteiger charge is -2.26. The van der Waals surface area contributed by atoms with E-state index in [1.807, 2.05) is 48.5 Å². The van der Waals surface area contributed by atoms with Crippen molar-refractivity contribution in [3.63, 3.8) is 0 Å². The first-order chi connectivity index (χ1) is 15.5. The molecule has 3 aliphatic carbocycles. The number of benzene rings is 2. The van der Waals surface area contributed by atoms with E-state index < -0.39 is 0 Å². The van der Waals surface area contributed by atoms with Crippen LogP contribution < -0.4 is 16.4 Å². The fraction of sp³-hybridized carbons (Fsp3) is 0.385. The van der Waals surface area contributed by atoms with E-state index in [0.717, 1.165) is 34.0 Å². The molecule has 6 heteroatoms. The van der Waals surface area contributed by atoms with E-state index in [2.05, 4.69) is 38.7 Å². The minimum absolute atomic E-state index is 0.0107. The first-order valence-corrected chi connectivity index (χ1v) is 12.1. The monoisotopic (exact) mass is 493 g/mol. The topological polar surface area (TPSA) is 84.2 Å². The van der Waals surface area contributed by atoms with Crippen molar-refractivity contribution in [1.29, 1.82) is 0 Å². The molecule has 0 aromatic heterocycles. The molecular formula is C26H28BrN3O2. The van der Waals surface area contributed by atoms with Crippen molar-refractivity contribution >= 4 is 27.7 Å². The maximum absolute atomic E-state index is 13.3. The molecule has 32 heavy (non-hydrogen) atoms. The van der Waals surface area contributed by atoms with E-state index >= 15 is 0 Å². The Morgan fingerprint density at radius 3 is 1.69 bits per heavy atom. The summed E-state index contributed by atoms with van der Waals surface area (Å²) in [5, 5.41) is 6.21. The third-order valence-corrected chi connectivity index (χ3v) is 8.08. The van der Waals surface area contributed by atoms with Gasteiger partial charge in [0.1, 0.15) is 0 Å². The molecule has 1 spiro atoms. The summed E-state index contributed by atoms with van der Waals surface area (Å²) in [6.07, 6.45) is 6.60. The number of nitrogens with two attached hydrogens (primary N) is 1. The largest absolute Gasteiger partial charge is 0.352 e. The first-order valence-electron chi connectivity index (χ1n) is 11.3. The molecule has 2 fully saturated rings. The van der Waals surface area contributed by atoms with Gasteiger partial charge in [-0.3, -0.25) is 9.59 Å². The van der Waals surface area contributed by atoms with E-state index in [0.29, 0.717) is 19.6 Å². The van der Waals surface area contributed by atoms with Crippen molar-refractivity contribution < 1.29 is 9.59 Å². The lowest BCUT2D eigenvalue weighted by Crippen LogP contribution is -2.43. The minimum atomic E-state index is -0.305. The van der Waals surface area contributed by atoms with E-state index in [4.69, 9.17) is 5.73 Å². The van der Waals surface area contributed by atoms with E-state index in [1.54, 1.807) is 0 Å². The number of hydrogen-bond acceptors (Lipinski definition) is 3. The average Bonchev–Trinajstić information content (AvgIpc) is 3.49. The second-order valence-electron chi connectivity index (χ2n) is 9.30. The van der Waals surface area contributed by atoms with E-state index in [-0.39, 0.29) is 40.9 Å². The van der Waals surface area contributed by atoms with Gasteiger partial charge in [-0.1, -0.05) is 64.5 Å². The van der Waals surface area contributed by atoms with Crippen LogP contribution in [-0.2, 0) is 29.2 Å². The molecule has 2 aromatic carbocycles. The normalized spacial score (nSPS) is 26.3. The summed E-state index contributed by atoms with van der Waals surface area (Å²) in [6, 6.07) is 15.9. The molecule has 0 radical (unpaired) electrons. The Morgan fingerprint density at radius 1 is 0.812 bits per heavy atom. The summed E-state index contributed by atoms with van der Waals surface area (Å²) in [4.78, 5) is 26.6. The number of nitrogens with one attached hydrogen (secondary N) is 2. The van der Waals surface area contributed by atoms with Crippen molar-refractivity contribution in [2.24, 2.45) is 34.8 Å². The van der Waals surface area contributed by atoms with Crippen LogP contribution in [-0.4, -0.2) is 11.8 Å². The average molecular weight is 494 g/mol. The highest BCUT2D eigenvalue weighted by Gasteiger charge is 2.69. The van der Waals surface area contributed by atoms with Gasteiger partial charge < -0.3 is 16.4 Å². The van der Waals surface area contributed by atoms with Gasteiger partial charge in [0.05, 0.1) is 11.8 Å². The Labute approximate surface area is 197 Å². The summed E-state index contributed by atoms with van der Waals surface area (Å²) in [7, 11) is 0. The zero-order valence-corrected chi connectivity index (χ0v) is 19.5. The molecule has 4 atom stereocenters.